The van der Waals surface area contributed by atoms with E-state index in [0.717, 1.165) is 41.2 Å². The Hall–Kier alpha value is -3.42. The summed E-state index contributed by atoms with van der Waals surface area (Å²) in [5.41, 5.74) is 7.24. The molecule has 0 heterocycles. The number of esters is 2. The van der Waals surface area contributed by atoms with Crippen LogP contribution in [0.1, 0.15) is 160 Å². The maximum atomic E-state index is 12.2. The molecule has 0 radical (unpaired) electrons. The zero-order chi connectivity index (χ0) is 42.0. The lowest BCUT2D eigenvalue weighted by Gasteiger charge is -2.33. The summed E-state index contributed by atoms with van der Waals surface area (Å²) in [5, 5.41) is 21.0. The largest absolute Gasteiger partial charge is 0.493 e. The number of ether oxygens (including phenoxy) is 3. The van der Waals surface area contributed by atoms with Gasteiger partial charge in [0.15, 0.2) is 0 Å². The van der Waals surface area contributed by atoms with Gasteiger partial charge in [-0.2, -0.15) is 0 Å². The quantitative estimate of drug-likeness (QED) is 0.0587. The van der Waals surface area contributed by atoms with Crippen LogP contribution in [0.15, 0.2) is 54.6 Å². The Balaban J connectivity index is 2.00. The number of unbranched alkanes of at least 4 members (excludes halogenated alkanes) is 2. The van der Waals surface area contributed by atoms with Crippen LogP contribution in [0, 0.1) is 16.7 Å². The minimum Gasteiger partial charge on any atom is -0.493 e. The smallest absolute Gasteiger partial charge is 0.333 e. The molecule has 1 saturated carbocycles. The van der Waals surface area contributed by atoms with Crippen LogP contribution in [0.3, 0.4) is 0 Å². The van der Waals surface area contributed by atoms with Gasteiger partial charge in [0, 0.05) is 16.6 Å². The van der Waals surface area contributed by atoms with E-state index in [9.17, 15) is 19.8 Å². The second kappa shape index (κ2) is 23.9. The fraction of sp³-hybridized carbons (Fsp3) is 0.640. The average Bonchev–Trinajstić information content (AvgIpc) is 3.19. The van der Waals surface area contributed by atoms with Gasteiger partial charge < -0.3 is 24.4 Å². The monoisotopic (exact) mass is 789 g/mol. The molecular formula is C50H76O7. The molecule has 57 heavy (non-hydrogen) atoms. The lowest BCUT2D eigenvalue weighted by molar-refractivity contribution is -0.139. The molecule has 0 unspecified atom stereocenters. The van der Waals surface area contributed by atoms with Gasteiger partial charge in [-0.3, -0.25) is 0 Å². The summed E-state index contributed by atoms with van der Waals surface area (Å²) in [5.74, 6) is 1.44. The Morgan fingerprint density at radius 3 is 1.81 bits per heavy atom. The summed E-state index contributed by atoms with van der Waals surface area (Å²) >= 11 is 0. The molecule has 0 spiro atoms. The van der Waals surface area contributed by atoms with Gasteiger partial charge in [0.05, 0.1) is 33.0 Å². The molecule has 1 aliphatic carbocycles. The van der Waals surface area contributed by atoms with Gasteiger partial charge in [0.25, 0.3) is 0 Å². The number of aliphatic hydroxyl groups is 2. The first-order chi connectivity index (χ1) is 27.2. The number of hydrogen-bond donors (Lipinski definition) is 2. The van der Waals surface area contributed by atoms with Crippen LogP contribution in [0.25, 0.3) is 11.1 Å². The van der Waals surface area contributed by atoms with E-state index in [0.29, 0.717) is 62.2 Å². The highest BCUT2D eigenvalue weighted by molar-refractivity contribution is 5.87. The molecule has 2 aromatic rings. The second-order valence-corrected chi connectivity index (χ2v) is 18.1. The molecule has 3 rings (SSSR count). The summed E-state index contributed by atoms with van der Waals surface area (Å²) in [6.45, 7) is 22.3. The Bertz CT molecular complexity index is 1530. The Morgan fingerprint density at radius 1 is 0.737 bits per heavy atom. The van der Waals surface area contributed by atoms with Gasteiger partial charge in [0.2, 0.25) is 0 Å². The van der Waals surface area contributed by atoms with Crippen LogP contribution in [0.4, 0.5) is 0 Å². The van der Waals surface area contributed by atoms with Crippen molar-refractivity contribution in [3.8, 4) is 16.9 Å². The van der Waals surface area contributed by atoms with Gasteiger partial charge in [-0.25, -0.2) is 9.59 Å². The summed E-state index contributed by atoms with van der Waals surface area (Å²) in [4.78, 5) is 24.4. The molecule has 0 amide bonds. The zero-order valence-electron chi connectivity index (χ0n) is 36.7. The SMILES string of the molecule is C=C(C)C(=O)OCCCc1cc(-c2ccc(C3CCC(CCCCC)CC3)cc2CC)cc(CCCOC(=O)C(=C)C)c1OCCC(CO)(CO)CCC(C)(C)C. The number of carbonyl (C=O) groups is 2. The first kappa shape index (κ1) is 48.0. The lowest BCUT2D eigenvalue weighted by atomic mass is 9.76. The first-order valence-electron chi connectivity index (χ1n) is 21.9. The van der Waals surface area contributed by atoms with Gasteiger partial charge in [0.1, 0.15) is 5.75 Å². The molecule has 0 aliphatic heterocycles. The maximum Gasteiger partial charge on any atom is 0.333 e. The molecule has 2 aromatic carbocycles. The topological polar surface area (TPSA) is 102 Å². The zero-order valence-corrected chi connectivity index (χ0v) is 36.7. The number of benzene rings is 2. The van der Waals surface area contributed by atoms with Crippen LogP contribution in [0.5, 0.6) is 5.75 Å². The third-order valence-corrected chi connectivity index (χ3v) is 11.9. The number of carbonyl (C=O) groups excluding carboxylic acids is 2. The van der Waals surface area contributed by atoms with E-state index in [1.165, 1.54) is 68.1 Å². The van der Waals surface area contributed by atoms with Crippen LogP contribution < -0.4 is 4.74 Å². The molecule has 1 aliphatic rings. The van der Waals surface area contributed by atoms with Crippen molar-refractivity contribution in [1.29, 1.82) is 0 Å². The average molecular weight is 789 g/mol. The number of aryl methyl sites for hydroxylation is 3. The Labute approximate surface area is 345 Å². The molecule has 0 aromatic heterocycles. The highest BCUT2D eigenvalue weighted by atomic mass is 16.5. The third-order valence-electron chi connectivity index (χ3n) is 11.9. The predicted molar refractivity (Wildman–Crippen MR) is 234 cm³/mol. The van der Waals surface area contributed by atoms with Gasteiger partial charge in [-0.15, -0.1) is 0 Å². The van der Waals surface area contributed by atoms with Gasteiger partial charge in [-0.1, -0.05) is 91.7 Å². The normalized spacial score (nSPS) is 15.9. The van der Waals surface area contributed by atoms with Crippen molar-refractivity contribution in [2.75, 3.05) is 33.0 Å². The van der Waals surface area contributed by atoms with E-state index in [-0.39, 0.29) is 31.8 Å². The second-order valence-electron chi connectivity index (χ2n) is 18.1. The van der Waals surface area contributed by atoms with Crippen molar-refractivity contribution in [3.05, 3.63) is 76.9 Å². The molecule has 0 saturated heterocycles. The Kier molecular flexibility index (Phi) is 20.1. The summed E-state index contributed by atoms with van der Waals surface area (Å²) < 4.78 is 17.7. The van der Waals surface area contributed by atoms with E-state index in [1.807, 2.05) is 0 Å². The molecule has 0 bridgehead atoms. The highest BCUT2D eigenvalue weighted by Gasteiger charge is 2.31. The minimum atomic E-state index is -0.660. The van der Waals surface area contributed by atoms with Crippen molar-refractivity contribution in [1.82, 2.24) is 0 Å². The Morgan fingerprint density at radius 2 is 1.32 bits per heavy atom. The van der Waals surface area contributed by atoms with Crippen molar-refractivity contribution < 1.29 is 34.0 Å². The predicted octanol–water partition coefficient (Wildman–Crippen LogP) is 11.4. The number of hydrogen-bond acceptors (Lipinski definition) is 7. The van der Waals surface area contributed by atoms with Crippen molar-refractivity contribution in [3.63, 3.8) is 0 Å². The van der Waals surface area contributed by atoms with Crippen LogP contribution >= 0.6 is 0 Å². The molecule has 7 nitrogen and oxygen atoms in total. The van der Waals surface area contributed by atoms with E-state index >= 15 is 0 Å². The fourth-order valence-electron chi connectivity index (χ4n) is 7.98. The van der Waals surface area contributed by atoms with E-state index in [4.69, 9.17) is 14.2 Å². The van der Waals surface area contributed by atoms with Crippen molar-refractivity contribution in [2.45, 2.75) is 157 Å². The molecule has 7 heteroatoms. The highest BCUT2D eigenvalue weighted by Crippen LogP contribution is 2.41. The molecule has 0 atom stereocenters. The van der Waals surface area contributed by atoms with Gasteiger partial charge in [-0.05, 0) is 154 Å². The standard InChI is InChI=1S/C50H76O7/c1-10-12-13-16-38-19-21-40(22-20-38)41-23-24-45(39(11-2)31-41)44-32-42(17-14-28-56-47(53)36(3)4)46(43(33-44)18-15-29-57-48(54)37(5)6)55-30-27-50(34-51,35-52)26-25-49(7,8)9/h23-24,31-33,38,40,51-52H,3,5,10-22,25-30,34-35H2,1-2,4,6-9H3. The maximum absolute atomic E-state index is 12.2. The molecule has 318 valence electrons. The molecule has 1 fully saturated rings. The number of aliphatic hydroxyl groups excluding tert-OH is 2. The van der Waals surface area contributed by atoms with Crippen LogP contribution in [-0.2, 0) is 38.3 Å². The van der Waals surface area contributed by atoms with E-state index in [2.05, 4.69) is 78.1 Å². The van der Waals surface area contributed by atoms with E-state index < -0.39 is 17.4 Å². The van der Waals surface area contributed by atoms with E-state index in [1.54, 1.807) is 13.8 Å². The summed E-state index contributed by atoms with van der Waals surface area (Å²) in [6.07, 6.45) is 15.9. The summed E-state index contributed by atoms with van der Waals surface area (Å²) in [7, 11) is 0. The minimum absolute atomic E-state index is 0.0662. The third kappa shape index (κ3) is 15.7. The number of rotatable bonds is 25. The van der Waals surface area contributed by atoms with Crippen molar-refractivity contribution in [2.24, 2.45) is 16.7 Å². The van der Waals surface area contributed by atoms with Crippen LogP contribution in [-0.4, -0.2) is 55.2 Å². The molecule has 2 N–H and O–H groups in total. The summed E-state index contributed by atoms with van der Waals surface area (Å²) in [6, 6.07) is 11.5. The first-order valence-corrected chi connectivity index (χ1v) is 21.9. The van der Waals surface area contributed by atoms with Crippen molar-refractivity contribution >= 4 is 11.9 Å². The molecular weight excluding hydrogens is 713 g/mol. The van der Waals surface area contributed by atoms with Crippen LogP contribution in [0.2, 0.25) is 0 Å². The lowest BCUT2D eigenvalue weighted by Crippen LogP contribution is -2.33. The fourth-order valence-corrected chi connectivity index (χ4v) is 7.98. The van der Waals surface area contributed by atoms with Gasteiger partial charge >= 0.3 is 11.9 Å².